The minimum absolute atomic E-state index is 0.198. The third-order valence-corrected chi connectivity index (χ3v) is 3.36. The number of Topliss-reactive ketones (excluding diaryl/α,β-unsaturated/α-hetero) is 1. The second kappa shape index (κ2) is 3.61. The number of nitrogens with one attached hydrogen (secondary N) is 1. The second-order valence-electron chi connectivity index (χ2n) is 3.31. The maximum atomic E-state index is 11.5. The summed E-state index contributed by atoms with van der Waals surface area (Å²) in [5.41, 5.74) is 9.35. The van der Waals surface area contributed by atoms with Gasteiger partial charge in [0.25, 0.3) is 0 Å². The summed E-state index contributed by atoms with van der Waals surface area (Å²) in [7, 11) is 0. The first kappa shape index (κ1) is 9.52. The molecule has 1 N–H and O–H groups in total. The lowest BCUT2D eigenvalue weighted by Gasteiger charge is -2.16. The molecule has 0 fully saturated rings. The van der Waals surface area contributed by atoms with Gasteiger partial charge < -0.3 is 0 Å². The topological polar surface area (TPSA) is 53.3 Å². The summed E-state index contributed by atoms with van der Waals surface area (Å²) in [4.78, 5) is 11.5. The summed E-state index contributed by atoms with van der Waals surface area (Å²) in [6.45, 7) is 0. The molecule has 0 amide bonds. The van der Waals surface area contributed by atoms with Crippen LogP contribution in [0.5, 0.6) is 0 Å². The summed E-state index contributed by atoms with van der Waals surface area (Å²) >= 11 is 3.39. The van der Waals surface area contributed by atoms with E-state index in [0.717, 1.165) is 28.4 Å². The number of hydrogen-bond donors (Lipinski definition) is 1. The van der Waals surface area contributed by atoms with E-state index in [1.807, 2.05) is 0 Å². The number of halogens is 1. The fourth-order valence-electron chi connectivity index (χ4n) is 1.76. The van der Waals surface area contributed by atoms with Gasteiger partial charge in [-0.1, -0.05) is 0 Å². The summed E-state index contributed by atoms with van der Waals surface area (Å²) < 4.78 is 0.804. The average Bonchev–Trinajstić information content (AvgIpc) is 2.20. The number of hydrogen-bond acceptors (Lipinski definition) is 3. The van der Waals surface area contributed by atoms with Gasteiger partial charge in [-0.3, -0.25) is 4.79 Å². The van der Waals surface area contributed by atoms with Crippen LogP contribution < -0.4 is 0 Å². The van der Waals surface area contributed by atoms with Crippen LogP contribution in [0.2, 0.25) is 0 Å². The fourth-order valence-corrected chi connectivity index (χ4v) is 2.39. The highest BCUT2D eigenvalue weighted by Crippen LogP contribution is 2.35. The highest BCUT2D eigenvalue weighted by molar-refractivity contribution is 9.10. The molecule has 0 aromatic heterocycles. The molecule has 4 heteroatoms. The summed E-state index contributed by atoms with van der Waals surface area (Å²) in [6.07, 6.45) is 2.42. The third-order valence-electron chi connectivity index (χ3n) is 2.47. The van der Waals surface area contributed by atoms with Gasteiger partial charge in [-0.25, -0.2) is 5.53 Å². The van der Waals surface area contributed by atoms with Crippen LogP contribution in [-0.4, -0.2) is 5.78 Å². The normalized spacial score (nSPS) is 15.1. The monoisotopic (exact) mass is 252 g/mol. The van der Waals surface area contributed by atoms with Crippen LogP contribution in [0.4, 0.5) is 5.69 Å². The van der Waals surface area contributed by atoms with Gasteiger partial charge in [-0.05, 0) is 46.5 Å². The van der Waals surface area contributed by atoms with Gasteiger partial charge in [0.1, 0.15) is 0 Å². The summed E-state index contributed by atoms with van der Waals surface area (Å²) in [5, 5.41) is 3.40. The zero-order valence-corrected chi connectivity index (χ0v) is 9.10. The minimum atomic E-state index is 0.198. The van der Waals surface area contributed by atoms with E-state index in [4.69, 9.17) is 5.53 Å². The zero-order chi connectivity index (χ0) is 10.1. The van der Waals surface area contributed by atoms with Gasteiger partial charge >= 0.3 is 0 Å². The molecule has 1 aromatic carbocycles. The van der Waals surface area contributed by atoms with E-state index in [0.29, 0.717) is 12.1 Å². The minimum Gasteiger partial charge on any atom is -0.294 e. The van der Waals surface area contributed by atoms with E-state index in [9.17, 15) is 4.79 Å². The van der Waals surface area contributed by atoms with Crippen LogP contribution in [0.1, 0.15) is 28.8 Å². The molecule has 14 heavy (non-hydrogen) atoms. The lowest BCUT2D eigenvalue weighted by molar-refractivity contribution is 0.0972. The molecule has 2 rings (SSSR count). The van der Waals surface area contributed by atoms with Crippen molar-refractivity contribution in [3.05, 3.63) is 27.7 Å². The van der Waals surface area contributed by atoms with Crippen LogP contribution >= 0.6 is 15.9 Å². The highest BCUT2D eigenvalue weighted by Gasteiger charge is 2.20. The van der Waals surface area contributed by atoms with Crippen LogP contribution in [0.3, 0.4) is 0 Å². The molecule has 1 aromatic rings. The Morgan fingerprint density at radius 1 is 1.36 bits per heavy atom. The molecular weight excluding hydrogens is 244 g/mol. The molecule has 1 aliphatic carbocycles. The molecule has 0 heterocycles. The number of fused-ring (bicyclic) bond motifs is 1. The maximum Gasteiger partial charge on any atom is 0.163 e. The van der Waals surface area contributed by atoms with Gasteiger partial charge in [0.05, 0.1) is 5.69 Å². The molecular formula is C10H9BrN2O. The Labute approximate surface area is 90.2 Å². The zero-order valence-electron chi connectivity index (χ0n) is 7.51. The van der Waals surface area contributed by atoms with Gasteiger partial charge in [0.15, 0.2) is 5.78 Å². The SMILES string of the molecule is N=Nc1ccc2c(c1Br)CCCC2=O. The van der Waals surface area contributed by atoms with Gasteiger partial charge in [-0.15, -0.1) is 0 Å². The molecule has 0 spiro atoms. The van der Waals surface area contributed by atoms with E-state index < -0.39 is 0 Å². The lowest BCUT2D eigenvalue weighted by atomic mass is 9.90. The molecule has 0 aliphatic heterocycles. The van der Waals surface area contributed by atoms with Crippen molar-refractivity contribution in [2.45, 2.75) is 19.3 Å². The average molecular weight is 253 g/mol. The van der Waals surface area contributed by atoms with Crippen molar-refractivity contribution in [1.29, 1.82) is 5.53 Å². The Morgan fingerprint density at radius 2 is 2.14 bits per heavy atom. The third kappa shape index (κ3) is 1.39. The Kier molecular flexibility index (Phi) is 2.46. The molecule has 0 saturated heterocycles. The predicted octanol–water partition coefficient (Wildman–Crippen LogP) is 3.63. The number of carbonyl (C=O) groups excluding carboxylic acids is 1. The molecule has 3 nitrogen and oxygen atoms in total. The van der Waals surface area contributed by atoms with Crippen LogP contribution in [0, 0.1) is 5.53 Å². The number of carbonyl (C=O) groups is 1. The second-order valence-corrected chi connectivity index (χ2v) is 4.11. The Morgan fingerprint density at radius 3 is 2.86 bits per heavy atom. The van der Waals surface area contributed by atoms with Crippen LogP contribution in [0.25, 0.3) is 0 Å². The molecule has 72 valence electrons. The van der Waals surface area contributed by atoms with E-state index >= 15 is 0 Å². The van der Waals surface area contributed by atoms with Gasteiger partial charge in [-0.2, -0.15) is 5.11 Å². The maximum absolute atomic E-state index is 11.5. The predicted molar refractivity (Wildman–Crippen MR) is 56.2 cm³/mol. The van der Waals surface area contributed by atoms with Crippen molar-refractivity contribution < 1.29 is 4.79 Å². The Hall–Kier alpha value is -1.03. The van der Waals surface area contributed by atoms with Crippen LogP contribution in [0.15, 0.2) is 21.7 Å². The van der Waals surface area contributed by atoms with E-state index in [2.05, 4.69) is 21.0 Å². The number of rotatable bonds is 1. The number of benzene rings is 1. The first-order valence-electron chi connectivity index (χ1n) is 4.46. The van der Waals surface area contributed by atoms with Crippen molar-refractivity contribution in [2.75, 3.05) is 0 Å². The summed E-state index contributed by atoms with van der Waals surface area (Å²) in [6, 6.07) is 3.48. The molecule has 0 unspecified atom stereocenters. The fraction of sp³-hybridized carbons (Fsp3) is 0.300. The first-order chi connectivity index (χ1) is 6.74. The number of nitrogens with zero attached hydrogens (tertiary/aromatic N) is 1. The van der Waals surface area contributed by atoms with Crippen LogP contribution in [-0.2, 0) is 6.42 Å². The van der Waals surface area contributed by atoms with E-state index in [1.165, 1.54) is 0 Å². The number of ketones is 1. The van der Waals surface area contributed by atoms with Crippen molar-refractivity contribution in [1.82, 2.24) is 0 Å². The highest BCUT2D eigenvalue weighted by atomic mass is 79.9. The van der Waals surface area contributed by atoms with Crippen molar-refractivity contribution in [3.63, 3.8) is 0 Å². The Balaban J connectivity index is 2.63. The van der Waals surface area contributed by atoms with E-state index in [1.54, 1.807) is 12.1 Å². The lowest BCUT2D eigenvalue weighted by Crippen LogP contribution is -2.10. The molecule has 0 atom stereocenters. The molecule has 1 aliphatic rings. The van der Waals surface area contributed by atoms with Crippen molar-refractivity contribution in [2.24, 2.45) is 5.11 Å². The largest absolute Gasteiger partial charge is 0.294 e. The smallest absolute Gasteiger partial charge is 0.163 e. The van der Waals surface area contributed by atoms with E-state index in [-0.39, 0.29) is 5.78 Å². The first-order valence-corrected chi connectivity index (χ1v) is 5.25. The van der Waals surface area contributed by atoms with Crippen molar-refractivity contribution >= 4 is 27.4 Å². The molecule has 0 saturated carbocycles. The van der Waals surface area contributed by atoms with Gasteiger partial charge in [0.2, 0.25) is 0 Å². The van der Waals surface area contributed by atoms with Gasteiger partial charge in [0, 0.05) is 16.5 Å². The molecule has 0 radical (unpaired) electrons. The summed E-state index contributed by atoms with van der Waals surface area (Å²) in [5.74, 6) is 0.198. The quantitative estimate of drug-likeness (QED) is 0.763. The Bertz CT molecular complexity index is 415. The molecule has 0 bridgehead atoms. The standard InChI is InChI=1S/C10H9BrN2O/c11-10-7-2-1-3-9(14)6(7)4-5-8(10)13-12/h4-5,12H,1-3H2. The van der Waals surface area contributed by atoms with Crippen molar-refractivity contribution in [3.8, 4) is 0 Å².